The molecule has 2 aromatic heterocycles. The van der Waals surface area contributed by atoms with Gasteiger partial charge >= 0.3 is 0 Å². The third kappa shape index (κ3) is 4.49. The first kappa shape index (κ1) is 28.8. The molecule has 0 bridgehead atoms. The Kier molecular flexibility index (Phi) is 6.31. The number of hydrogen-bond donors (Lipinski definition) is 0. The first-order chi connectivity index (χ1) is 24.5. The lowest BCUT2D eigenvalue weighted by molar-refractivity contribution is 0.522. The van der Waals surface area contributed by atoms with Gasteiger partial charge in [-0.25, -0.2) is 15.0 Å². The third-order valence-corrected chi connectivity index (χ3v) is 10.7. The van der Waals surface area contributed by atoms with Crippen LogP contribution in [0.1, 0.15) is 31.4 Å². The molecule has 0 atom stereocenters. The minimum atomic E-state index is 0.136. The van der Waals surface area contributed by atoms with Crippen LogP contribution in [0.15, 0.2) is 146 Å². The molecule has 4 heteroatoms. The van der Waals surface area contributed by atoms with E-state index in [2.05, 4.69) is 146 Å². The van der Waals surface area contributed by atoms with Crippen LogP contribution in [0.2, 0.25) is 0 Å². The van der Waals surface area contributed by atoms with Gasteiger partial charge in [0.05, 0.1) is 11.0 Å². The zero-order chi connectivity index (χ0) is 33.4. The Morgan fingerprint density at radius 2 is 1.06 bits per heavy atom. The Morgan fingerprint density at radius 3 is 1.72 bits per heavy atom. The van der Waals surface area contributed by atoms with Crippen molar-refractivity contribution < 1.29 is 0 Å². The van der Waals surface area contributed by atoms with Crippen molar-refractivity contribution in [2.45, 2.75) is 32.1 Å². The van der Waals surface area contributed by atoms with Crippen LogP contribution in [0.25, 0.3) is 83.2 Å². The fourth-order valence-corrected chi connectivity index (χ4v) is 8.11. The van der Waals surface area contributed by atoms with Gasteiger partial charge in [-0.2, -0.15) is 0 Å². The second-order valence-corrected chi connectivity index (χ2v) is 14.2. The summed E-state index contributed by atoms with van der Waals surface area (Å²) < 4.78 is 2.40. The van der Waals surface area contributed by atoms with E-state index >= 15 is 0 Å². The highest BCUT2D eigenvalue weighted by molar-refractivity contribution is 6.28. The van der Waals surface area contributed by atoms with Crippen LogP contribution in [0, 0.1) is 0 Å². The SMILES string of the molecule is CC1(C)CCc2ccc(-c3nc(-c4ccccc4)nc(-c4cccc(-n5c6ccc7ccccc7c6c6c7ccccc7ccc65)c4)n3)cc21. The zero-order valence-electron chi connectivity index (χ0n) is 28.1. The van der Waals surface area contributed by atoms with Crippen LogP contribution in [0.4, 0.5) is 0 Å². The molecule has 0 saturated heterocycles. The second kappa shape index (κ2) is 10.9. The molecule has 0 radical (unpaired) electrons. The summed E-state index contributed by atoms with van der Waals surface area (Å²) in [7, 11) is 0. The molecule has 1 aliphatic rings. The molecular weight excluding hydrogens is 609 g/mol. The van der Waals surface area contributed by atoms with Crippen LogP contribution >= 0.6 is 0 Å². The molecular formula is C46H34N4. The Hall–Kier alpha value is -6.13. The Balaban J connectivity index is 1.20. The smallest absolute Gasteiger partial charge is 0.164 e. The van der Waals surface area contributed by atoms with Crippen LogP contribution in [-0.2, 0) is 11.8 Å². The van der Waals surface area contributed by atoms with Gasteiger partial charge in [0.15, 0.2) is 17.5 Å². The molecule has 0 spiro atoms. The van der Waals surface area contributed by atoms with E-state index in [0.717, 1.165) is 35.2 Å². The zero-order valence-corrected chi connectivity index (χ0v) is 28.1. The highest BCUT2D eigenvalue weighted by atomic mass is 15.0. The predicted octanol–water partition coefficient (Wildman–Crippen LogP) is 11.5. The van der Waals surface area contributed by atoms with E-state index in [9.17, 15) is 0 Å². The maximum atomic E-state index is 5.17. The van der Waals surface area contributed by atoms with E-state index < -0.39 is 0 Å². The van der Waals surface area contributed by atoms with E-state index in [-0.39, 0.29) is 5.41 Å². The average Bonchev–Trinajstić information content (AvgIpc) is 3.68. The highest BCUT2D eigenvalue weighted by Gasteiger charge is 2.30. The van der Waals surface area contributed by atoms with E-state index in [1.54, 1.807) is 0 Å². The summed E-state index contributed by atoms with van der Waals surface area (Å²) in [5, 5.41) is 7.53. The summed E-state index contributed by atoms with van der Waals surface area (Å²) >= 11 is 0. The summed E-state index contributed by atoms with van der Waals surface area (Å²) in [6, 6.07) is 52.0. The summed E-state index contributed by atoms with van der Waals surface area (Å²) in [6.07, 6.45) is 2.27. The quantitative estimate of drug-likeness (QED) is 0.192. The molecule has 0 N–H and O–H groups in total. The summed E-state index contributed by atoms with van der Waals surface area (Å²) in [4.78, 5) is 15.3. The third-order valence-electron chi connectivity index (χ3n) is 10.7. The van der Waals surface area contributed by atoms with Crippen molar-refractivity contribution in [2.75, 3.05) is 0 Å². The van der Waals surface area contributed by atoms with Crippen molar-refractivity contribution in [1.29, 1.82) is 0 Å². The van der Waals surface area contributed by atoms with Crippen LogP contribution < -0.4 is 0 Å². The molecule has 0 unspecified atom stereocenters. The van der Waals surface area contributed by atoms with Crippen molar-refractivity contribution in [2.24, 2.45) is 0 Å². The summed E-state index contributed by atoms with van der Waals surface area (Å²) in [6.45, 7) is 4.67. The van der Waals surface area contributed by atoms with Crippen molar-refractivity contribution >= 4 is 43.4 Å². The topological polar surface area (TPSA) is 43.6 Å². The molecule has 2 heterocycles. The van der Waals surface area contributed by atoms with Gasteiger partial charge in [-0.3, -0.25) is 0 Å². The lowest BCUT2D eigenvalue weighted by Gasteiger charge is -2.19. The standard InChI is InChI=1S/C46H34N4/c1-46(2)26-25-31-19-20-34(28-38(31)46)45-48-43(32-13-4-3-5-14-32)47-44(49-45)33-15-10-16-35(27-33)50-39-23-21-29-11-6-8-17-36(29)41(39)42-37-18-9-7-12-30(37)22-24-40(42)50/h3-24,27-28H,25-26H2,1-2H3. The number of aryl methyl sites for hydroxylation is 1. The van der Waals surface area contributed by atoms with Crippen LogP contribution in [0.5, 0.6) is 0 Å². The lowest BCUT2D eigenvalue weighted by Crippen LogP contribution is -2.12. The number of fused-ring (bicyclic) bond motifs is 8. The number of rotatable bonds is 4. The molecule has 4 nitrogen and oxygen atoms in total. The van der Waals surface area contributed by atoms with Gasteiger partial charge in [0.1, 0.15) is 0 Å². The van der Waals surface area contributed by atoms with Gasteiger partial charge in [0, 0.05) is 33.2 Å². The monoisotopic (exact) mass is 642 g/mol. The second-order valence-electron chi connectivity index (χ2n) is 14.2. The van der Waals surface area contributed by atoms with Gasteiger partial charge in [0.2, 0.25) is 0 Å². The molecule has 7 aromatic carbocycles. The van der Waals surface area contributed by atoms with E-state index in [1.807, 2.05) is 18.2 Å². The minimum absolute atomic E-state index is 0.136. The van der Waals surface area contributed by atoms with E-state index in [4.69, 9.17) is 15.0 Å². The van der Waals surface area contributed by atoms with E-state index in [0.29, 0.717) is 17.5 Å². The van der Waals surface area contributed by atoms with Crippen LogP contribution in [0.3, 0.4) is 0 Å². The van der Waals surface area contributed by atoms with E-state index in [1.165, 1.54) is 54.5 Å². The predicted molar refractivity (Wildman–Crippen MR) is 207 cm³/mol. The number of aromatic nitrogens is 4. The Morgan fingerprint density at radius 1 is 0.500 bits per heavy atom. The summed E-state index contributed by atoms with van der Waals surface area (Å²) in [5.74, 6) is 2.03. The largest absolute Gasteiger partial charge is 0.309 e. The molecule has 50 heavy (non-hydrogen) atoms. The van der Waals surface area contributed by atoms with Crippen molar-refractivity contribution in [3.63, 3.8) is 0 Å². The number of hydrogen-bond acceptors (Lipinski definition) is 3. The van der Waals surface area contributed by atoms with Crippen molar-refractivity contribution in [1.82, 2.24) is 19.5 Å². The molecule has 0 amide bonds. The van der Waals surface area contributed by atoms with Gasteiger partial charge in [0.25, 0.3) is 0 Å². The number of nitrogens with zero attached hydrogens (tertiary/aromatic N) is 4. The minimum Gasteiger partial charge on any atom is -0.309 e. The average molecular weight is 643 g/mol. The molecule has 0 saturated carbocycles. The fraction of sp³-hybridized carbons (Fsp3) is 0.109. The molecule has 0 aliphatic heterocycles. The molecule has 9 aromatic rings. The van der Waals surface area contributed by atoms with Crippen LogP contribution in [-0.4, -0.2) is 19.5 Å². The maximum absolute atomic E-state index is 5.17. The van der Waals surface area contributed by atoms with Gasteiger partial charge in [-0.05, 0) is 81.3 Å². The van der Waals surface area contributed by atoms with Crippen molar-refractivity contribution in [3.05, 3.63) is 157 Å². The Labute approximate surface area is 290 Å². The Bertz CT molecular complexity index is 2700. The van der Waals surface area contributed by atoms with Gasteiger partial charge in [-0.15, -0.1) is 0 Å². The highest BCUT2D eigenvalue weighted by Crippen LogP contribution is 2.42. The fourth-order valence-electron chi connectivity index (χ4n) is 8.11. The van der Waals surface area contributed by atoms with Crippen molar-refractivity contribution in [3.8, 4) is 39.9 Å². The lowest BCUT2D eigenvalue weighted by atomic mass is 9.86. The van der Waals surface area contributed by atoms with Gasteiger partial charge in [-0.1, -0.05) is 129 Å². The first-order valence-electron chi connectivity index (χ1n) is 17.4. The summed E-state index contributed by atoms with van der Waals surface area (Å²) in [5.41, 5.74) is 9.31. The molecule has 1 aliphatic carbocycles. The molecule has 238 valence electrons. The number of benzene rings is 7. The van der Waals surface area contributed by atoms with Gasteiger partial charge < -0.3 is 4.57 Å². The normalized spacial score (nSPS) is 13.8. The first-order valence-corrected chi connectivity index (χ1v) is 17.4. The maximum Gasteiger partial charge on any atom is 0.164 e. The molecule has 0 fully saturated rings. The molecule has 10 rings (SSSR count).